The van der Waals surface area contributed by atoms with Gasteiger partial charge in [-0.25, -0.2) is 4.79 Å². The molecule has 2 aliphatic heterocycles. The molecule has 12 heteroatoms. The number of nitrogens with zero attached hydrogens (tertiary/aromatic N) is 2. The molecule has 1 aromatic carbocycles. The first kappa shape index (κ1) is 20.6. The van der Waals surface area contributed by atoms with Gasteiger partial charge in [0.05, 0.1) is 15.3 Å². The van der Waals surface area contributed by atoms with Gasteiger partial charge in [0.2, 0.25) is 5.91 Å². The van der Waals surface area contributed by atoms with Gasteiger partial charge >= 0.3 is 5.97 Å². The Morgan fingerprint density at radius 3 is 2.68 bits per heavy atom. The van der Waals surface area contributed by atoms with E-state index in [1.54, 1.807) is 0 Å². The van der Waals surface area contributed by atoms with E-state index >= 15 is 0 Å². The van der Waals surface area contributed by atoms with Crippen molar-refractivity contribution in [3.8, 4) is 0 Å². The molecule has 148 valence electrons. The van der Waals surface area contributed by atoms with Crippen molar-refractivity contribution in [1.29, 1.82) is 0 Å². The number of esters is 1. The van der Waals surface area contributed by atoms with Crippen molar-refractivity contribution >= 4 is 62.8 Å². The van der Waals surface area contributed by atoms with Crippen LogP contribution in [-0.4, -0.2) is 50.1 Å². The van der Waals surface area contributed by atoms with E-state index in [0.29, 0.717) is 11.3 Å². The molecule has 2 heterocycles. The number of rotatable bonds is 6. The Bertz CT molecular complexity index is 878. The highest BCUT2D eigenvalue weighted by Gasteiger charge is 2.54. The molecule has 0 saturated carbocycles. The standard InChI is InChI=1S/C16H13BrClN3O6S/c17-5-11(22)19-12-14(23)20-13(10(18)7-28-15(12)20)16(24)27-6-8-1-3-9(4-2-8)21(25)26/h1-4,12,15H,5-7H2,(H,19,22)/t12-,15+/m1/s1. The molecule has 28 heavy (non-hydrogen) atoms. The predicted molar refractivity (Wildman–Crippen MR) is 105 cm³/mol. The maximum atomic E-state index is 12.5. The fourth-order valence-electron chi connectivity index (χ4n) is 2.72. The first-order valence-electron chi connectivity index (χ1n) is 7.92. The maximum Gasteiger partial charge on any atom is 0.356 e. The van der Waals surface area contributed by atoms with Crippen LogP contribution >= 0.6 is 39.3 Å². The summed E-state index contributed by atoms with van der Waals surface area (Å²) < 4.78 is 5.23. The number of halogens is 2. The summed E-state index contributed by atoms with van der Waals surface area (Å²) in [5.74, 6) is -1.24. The van der Waals surface area contributed by atoms with E-state index in [1.807, 2.05) is 0 Å². The van der Waals surface area contributed by atoms with Gasteiger partial charge in [0.1, 0.15) is 23.7 Å². The molecule has 0 unspecified atom stereocenters. The van der Waals surface area contributed by atoms with Crippen molar-refractivity contribution in [2.75, 3.05) is 11.1 Å². The normalized spacial score (nSPS) is 20.9. The highest BCUT2D eigenvalue weighted by molar-refractivity contribution is 9.09. The van der Waals surface area contributed by atoms with Crippen LogP contribution in [0.25, 0.3) is 0 Å². The van der Waals surface area contributed by atoms with E-state index in [9.17, 15) is 24.5 Å². The van der Waals surface area contributed by atoms with Crippen LogP contribution in [0.5, 0.6) is 0 Å². The van der Waals surface area contributed by atoms with Gasteiger partial charge in [-0.3, -0.25) is 24.6 Å². The molecule has 1 N–H and O–H groups in total. The Morgan fingerprint density at radius 1 is 1.39 bits per heavy atom. The summed E-state index contributed by atoms with van der Waals surface area (Å²) in [4.78, 5) is 47.8. The number of carbonyl (C=O) groups is 3. The molecule has 3 rings (SSSR count). The zero-order valence-electron chi connectivity index (χ0n) is 14.1. The first-order chi connectivity index (χ1) is 13.3. The van der Waals surface area contributed by atoms with Gasteiger partial charge < -0.3 is 10.1 Å². The number of β-lactam (4-membered cyclic amide) rings is 1. The third kappa shape index (κ3) is 4.01. The van der Waals surface area contributed by atoms with Crippen molar-refractivity contribution < 1.29 is 24.0 Å². The molecule has 0 aliphatic carbocycles. The number of carbonyl (C=O) groups excluding carboxylic acids is 3. The van der Waals surface area contributed by atoms with Crippen molar-refractivity contribution in [3.05, 3.63) is 50.7 Å². The SMILES string of the molecule is O=C(CBr)N[C@@H]1C(=O)N2C(C(=O)OCc3ccc([N+](=O)[O-])cc3)=C(Cl)CS[C@@H]12. The topological polar surface area (TPSA) is 119 Å². The number of nitro benzene ring substituents is 1. The fraction of sp³-hybridized carbons (Fsp3) is 0.312. The van der Waals surface area contributed by atoms with Gasteiger partial charge in [0.15, 0.2) is 0 Å². The lowest BCUT2D eigenvalue weighted by Crippen LogP contribution is -2.70. The van der Waals surface area contributed by atoms with E-state index < -0.39 is 28.2 Å². The van der Waals surface area contributed by atoms with Crippen LogP contribution in [0.2, 0.25) is 0 Å². The molecule has 1 aromatic rings. The number of alkyl halides is 1. The van der Waals surface area contributed by atoms with Crippen LogP contribution < -0.4 is 5.32 Å². The molecule has 2 atom stereocenters. The minimum atomic E-state index is -0.771. The summed E-state index contributed by atoms with van der Waals surface area (Å²) in [5, 5.41) is 13.1. The number of nitrogens with one attached hydrogen (secondary N) is 1. The number of ether oxygens (including phenoxy) is 1. The molecule has 1 saturated heterocycles. The largest absolute Gasteiger partial charge is 0.456 e. The summed E-state index contributed by atoms with van der Waals surface area (Å²) >= 11 is 10.5. The second-order valence-electron chi connectivity index (χ2n) is 5.84. The van der Waals surface area contributed by atoms with E-state index in [2.05, 4.69) is 21.2 Å². The van der Waals surface area contributed by atoms with Crippen molar-refractivity contribution in [2.24, 2.45) is 0 Å². The van der Waals surface area contributed by atoms with Crippen molar-refractivity contribution in [2.45, 2.75) is 18.0 Å². The molecule has 2 amide bonds. The van der Waals surface area contributed by atoms with Gasteiger partial charge in [-0.15, -0.1) is 11.8 Å². The third-order valence-electron chi connectivity index (χ3n) is 4.07. The van der Waals surface area contributed by atoms with E-state index in [4.69, 9.17) is 16.3 Å². The predicted octanol–water partition coefficient (Wildman–Crippen LogP) is 1.88. The monoisotopic (exact) mass is 489 g/mol. The van der Waals surface area contributed by atoms with Gasteiger partial charge in [0, 0.05) is 17.9 Å². The smallest absolute Gasteiger partial charge is 0.356 e. The number of non-ortho nitro benzene ring substituents is 1. The lowest BCUT2D eigenvalue weighted by molar-refractivity contribution is -0.384. The Kier molecular flexibility index (Phi) is 6.26. The number of hydrogen-bond acceptors (Lipinski definition) is 7. The zero-order valence-corrected chi connectivity index (χ0v) is 17.3. The van der Waals surface area contributed by atoms with E-state index in [0.717, 1.165) is 0 Å². The van der Waals surface area contributed by atoms with Crippen LogP contribution in [0.4, 0.5) is 5.69 Å². The summed E-state index contributed by atoms with van der Waals surface area (Å²) in [6.45, 7) is -0.131. The highest BCUT2D eigenvalue weighted by atomic mass is 79.9. The Labute approximate surface area is 176 Å². The van der Waals surface area contributed by atoms with Gasteiger partial charge in [0.25, 0.3) is 11.6 Å². The van der Waals surface area contributed by atoms with Gasteiger partial charge in [-0.2, -0.15) is 0 Å². The molecular formula is C16H13BrClN3O6S. The fourth-order valence-corrected chi connectivity index (χ4v) is 4.42. The molecule has 0 bridgehead atoms. The third-order valence-corrected chi connectivity index (χ3v) is 6.33. The zero-order chi connectivity index (χ0) is 20.4. The Morgan fingerprint density at radius 2 is 2.07 bits per heavy atom. The van der Waals surface area contributed by atoms with Crippen molar-refractivity contribution in [3.63, 3.8) is 0 Å². The Balaban J connectivity index is 1.66. The molecule has 0 aromatic heterocycles. The van der Waals surface area contributed by atoms with Crippen LogP contribution in [0, 0.1) is 10.1 Å². The molecule has 0 radical (unpaired) electrons. The quantitative estimate of drug-likeness (QED) is 0.213. The summed E-state index contributed by atoms with van der Waals surface area (Å²) in [6.07, 6.45) is 0. The Hall–Kier alpha value is -2.11. The maximum absolute atomic E-state index is 12.5. The van der Waals surface area contributed by atoms with E-state index in [1.165, 1.54) is 40.9 Å². The molecule has 1 fully saturated rings. The number of benzene rings is 1. The van der Waals surface area contributed by atoms with Gasteiger partial charge in [-0.05, 0) is 17.7 Å². The number of amides is 2. The first-order valence-corrected chi connectivity index (χ1v) is 10.5. The van der Waals surface area contributed by atoms with Gasteiger partial charge in [-0.1, -0.05) is 27.5 Å². The molecule has 9 nitrogen and oxygen atoms in total. The summed E-state index contributed by atoms with van der Waals surface area (Å²) in [6, 6.07) is 4.83. The van der Waals surface area contributed by atoms with Crippen LogP contribution in [0.15, 0.2) is 35.0 Å². The minimum absolute atomic E-state index is 0.0401. The summed E-state index contributed by atoms with van der Waals surface area (Å²) in [7, 11) is 0. The average Bonchev–Trinajstić information content (AvgIpc) is 2.69. The number of fused-ring (bicyclic) bond motifs is 1. The number of hydrogen-bond donors (Lipinski definition) is 1. The van der Waals surface area contributed by atoms with Crippen molar-refractivity contribution in [1.82, 2.24) is 10.2 Å². The minimum Gasteiger partial charge on any atom is -0.456 e. The van der Waals surface area contributed by atoms with Crippen LogP contribution in [0.3, 0.4) is 0 Å². The average molecular weight is 491 g/mol. The molecule has 2 aliphatic rings. The van der Waals surface area contributed by atoms with Crippen LogP contribution in [0.1, 0.15) is 5.56 Å². The van der Waals surface area contributed by atoms with E-state index in [-0.39, 0.29) is 34.3 Å². The summed E-state index contributed by atoms with van der Waals surface area (Å²) in [5.41, 5.74) is 0.437. The second kappa shape index (κ2) is 8.50. The second-order valence-corrected chi connectivity index (χ2v) is 7.96. The lowest BCUT2D eigenvalue weighted by atomic mass is 10.1. The lowest BCUT2D eigenvalue weighted by Gasteiger charge is -2.49. The molecule has 0 spiro atoms. The molecular weight excluding hydrogens is 478 g/mol. The number of thioether (sulfide) groups is 1. The number of nitro groups is 1. The highest BCUT2D eigenvalue weighted by Crippen LogP contribution is 2.41. The van der Waals surface area contributed by atoms with Crippen LogP contribution in [-0.2, 0) is 25.7 Å².